The lowest BCUT2D eigenvalue weighted by atomic mass is 9.76. The number of hydrazine groups is 1. The summed E-state index contributed by atoms with van der Waals surface area (Å²) in [4.78, 5) is 29.9. The van der Waals surface area contributed by atoms with Crippen LogP contribution in [0.25, 0.3) is 0 Å². The minimum Gasteiger partial charge on any atom is -0.381 e. The number of hydrogen-bond acceptors (Lipinski definition) is 8. The van der Waals surface area contributed by atoms with Gasteiger partial charge in [0.15, 0.2) is 0 Å². The van der Waals surface area contributed by atoms with Gasteiger partial charge in [-0.3, -0.25) is 25.2 Å². The van der Waals surface area contributed by atoms with Crippen LogP contribution in [0.5, 0.6) is 0 Å². The Hall–Kier alpha value is -1.30. The number of hydrogen-bond donors (Lipinski definition) is 6. The summed E-state index contributed by atoms with van der Waals surface area (Å²) >= 11 is 0. The van der Waals surface area contributed by atoms with E-state index in [1.54, 1.807) is 7.11 Å². The minimum absolute atomic E-state index is 0.0554. The molecule has 5 atom stereocenters. The highest BCUT2D eigenvalue weighted by Crippen LogP contribution is 2.33. The maximum absolute atomic E-state index is 12.2. The lowest BCUT2D eigenvalue weighted by molar-refractivity contribution is -0.134. The van der Waals surface area contributed by atoms with E-state index in [2.05, 4.69) is 32.3 Å². The Bertz CT molecular complexity index is 644. The molecule has 10 nitrogen and oxygen atoms in total. The van der Waals surface area contributed by atoms with Gasteiger partial charge in [0.25, 0.3) is 0 Å². The Morgan fingerprint density at radius 1 is 1.12 bits per heavy atom. The molecule has 10 heteroatoms. The molecule has 2 amide bonds. The van der Waals surface area contributed by atoms with E-state index in [9.17, 15) is 9.59 Å². The van der Waals surface area contributed by atoms with Crippen LogP contribution >= 0.6 is 0 Å². The van der Waals surface area contributed by atoms with E-state index < -0.39 is 0 Å². The highest BCUT2D eigenvalue weighted by molar-refractivity contribution is 5.79. The molecule has 2 saturated heterocycles. The molecule has 2 saturated carbocycles. The van der Waals surface area contributed by atoms with Crippen LogP contribution in [0, 0.1) is 17.8 Å². The topological polar surface area (TPSA) is 125 Å². The van der Waals surface area contributed by atoms with E-state index in [1.165, 1.54) is 6.42 Å². The lowest BCUT2D eigenvalue weighted by Gasteiger charge is -2.41. The standard InChI is InChI=1S/C23H42N6O4/c1-32-16-9-7-15(8-10-16)21-26-20(33-29-21)12-11-19(30)24-13-4-14-25-22-17-5-2-3-6-18(17)23(31)28-27-22/h15-18,20-22,25-27,29H,2-14H2,1H3,(H,24,30)(H,28,31). The van der Waals surface area contributed by atoms with Crippen LogP contribution in [0.15, 0.2) is 0 Å². The minimum atomic E-state index is -0.126. The molecule has 0 aromatic rings. The zero-order chi connectivity index (χ0) is 23.0. The molecule has 4 rings (SSSR count). The van der Waals surface area contributed by atoms with Crippen LogP contribution in [0.4, 0.5) is 0 Å². The molecule has 0 spiro atoms. The van der Waals surface area contributed by atoms with Gasteiger partial charge in [-0.15, -0.1) is 0 Å². The molecule has 2 aliphatic heterocycles. The molecule has 4 fully saturated rings. The fourth-order valence-electron chi connectivity index (χ4n) is 5.82. The number of nitrogens with one attached hydrogen (secondary N) is 6. The average Bonchev–Trinajstić information content (AvgIpc) is 3.33. The molecule has 0 aromatic carbocycles. The van der Waals surface area contributed by atoms with Crippen molar-refractivity contribution in [1.82, 2.24) is 32.3 Å². The Labute approximate surface area is 197 Å². The molecule has 0 aromatic heterocycles. The maximum atomic E-state index is 12.2. The number of rotatable bonds is 10. The van der Waals surface area contributed by atoms with Crippen LogP contribution in [-0.2, 0) is 19.2 Å². The first kappa shape index (κ1) is 24.8. The molecule has 6 N–H and O–H groups in total. The highest BCUT2D eigenvalue weighted by Gasteiger charge is 2.39. The molecule has 5 unspecified atom stereocenters. The number of ether oxygens (including phenoxy) is 1. The summed E-state index contributed by atoms with van der Waals surface area (Å²) in [6, 6.07) is 0. The summed E-state index contributed by atoms with van der Waals surface area (Å²) in [5.41, 5.74) is 9.06. The van der Waals surface area contributed by atoms with Gasteiger partial charge in [-0.1, -0.05) is 12.8 Å². The molecular formula is C23H42N6O4. The van der Waals surface area contributed by atoms with Crippen molar-refractivity contribution in [2.75, 3.05) is 20.2 Å². The van der Waals surface area contributed by atoms with Gasteiger partial charge in [-0.05, 0) is 63.8 Å². The summed E-state index contributed by atoms with van der Waals surface area (Å²) in [7, 11) is 1.79. The number of hydroxylamine groups is 1. The van der Waals surface area contributed by atoms with Gasteiger partial charge in [0.2, 0.25) is 11.8 Å². The van der Waals surface area contributed by atoms with E-state index in [0.29, 0.717) is 37.3 Å². The van der Waals surface area contributed by atoms with Crippen molar-refractivity contribution in [3.8, 4) is 0 Å². The van der Waals surface area contributed by atoms with Crippen molar-refractivity contribution in [3.63, 3.8) is 0 Å². The van der Waals surface area contributed by atoms with Gasteiger partial charge in [-0.25, -0.2) is 5.43 Å². The fraction of sp³-hybridized carbons (Fsp3) is 0.913. The van der Waals surface area contributed by atoms with Gasteiger partial charge in [0.05, 0.1) is 18.4 Å². The summed E-state index contributed by atoms with van der Waals surface area (Å²) in [5.74, 6) is 1.20. The maximum Gasteiger partial charge on any atom is 0.237 e. The molecule has 4 aliphatic rings. The Kier molecular flexibility index (Phi) is 9.34. The lowest BCUT2D eigenvalue weighted by Crippen LogP contribution is -2.64. The molecule has 0 bridgehead atoms. The second kappa shape index (κ2) is 12.4. The normalized spacial score (nSPS) is 36.8. The molecule has 2 heterocycles. The third-order valence-electron chi connectivity index (χ3n) is 7.84. The van der Waals surface area contributed by atoms with Crippen molar-refractivity contribution >= 4 is 11.8 Å². The van der Waals surface area contributed by atoms with Crippen LogP contribution in [-0.4, -0.2) is 56.7 Å². The van der Waals surface area contributed by atoms with E-state index in [4.69, 9.17) is 9.57 Å². The van der Waals surface area contributed by atoms with Gasteiger partial charge in [-0.2, -0.15) is 5.48 Å². The first-order chi connectivity index (χ1) is 16.1. The zero-order valence-electron chi connectivity index (χ0n) is 19.9. The van der Waals surface area contributed by atoms with Crippen LogP contribution < -0.4 is 32.3 Å². The van der Waals surface area contributed by atoms with Gasteiger partial charge < -0.3 is 15.4 Å². The van der Waals surface area contributed by atoms with Crippen molar-refractivity contribution in [1.29, 1.82) is 0 Å². The largest absolute Gasteiger partial charge is 0.381 e. The first-order valence-corrected chi connectivity index (χ1v) is 12.9. The van der Waals surface area contributed by atoms with Crippen molar-refractivity contribution < 1.29 is 19.2 Å². The Balaban J connectivity index is 1.04. The molecule has 0 radical (unpaired) electrons. The SMILES string of the molecule is COC1CCC(C2NOC(CCC(=O)NCCCNC3NNC(=O)C4CCCCC34)N2)CC1. The van der Waals surface area contributed by atoms with E-state index in [1.807, 2.05) is 0 Å². The average molecular weight is 467 g/mol. The van der Waals surface area contributed by atoms with Gasteiger partial charge >= 0.3 is 0 Å². The Morgan fingerprint density at radius 3 is 2.76 bits per heavy atom. The van der Waals surface area contributed by atoms with E-state index in [0.717, 1.165) is 57.9 Å². The number of fused-ring (bicyclic) bond motifs is 1. The molecular weight excluding hydrogens is 424 g/mol. The second-order valence-electron chi connectivity index (χ2n) is 10.0. The van der Waals surface area contributed by atoms with Crippen LogP contribution in [0.2, 0.25) is 0 Å². The predicted molar refractivity (Wildman–Crippen MR) is 123 cm³/mol. The Morgan fingerprint density at radius 2 is 1.94 bits per heavy atom. The van der Waals surface area contributed by atoms with E-state index >= 15 is 0 Å². The molecule has 33 heavy (non-hydrogen) atoms. The summed E-state index contributed by atoms with van der Waals surface area (Å²) in [6.45, 7) is 1.43. The molecule has 2 aliphatic carbocycles. The summed E-state index contributed by atoms with van der Waals surface area (Å²) < 4.78 is 5.45. The molecule has 188 valence electrons. The van der Waals surface area contributed by atoms with E-state index in [-0.39, 0.29) is 36.3 Å². The quantitative estimate of drug-likeness (QED) is 0.259. The number of amides is 2. The number of methoxy groups -OCH3 is 1. The second-order valence-corrected chi connectivity index (χ2v) is 10.0. The fourth-order valence-corrected chi connectivity index (χ4v) is 5.82. The van der Waals surface area contributed by atoms with Gasteiger partial charge in [0, 0.05) is 31.9 Å². The summed E-state index contributed by atoms with van der Waals surface area (Å²) in [6.07, 6.45) is 11.3. The zero-order valence-corrected chi connectivity index (χ0v) is 19.9. The van der Waals surface area contributed by atoms with Crippen LogP contribution in [0.3, 0.4) is 0 Å². The number of carbonyl (C=O) groups is 2. The summed E-state index contributed by atoms with van der Waals surface area (Å²) in [5, 5.41) is 10.0. The number of carbonyl (C=O) groups excluding carboxylic acids is 2. The van der Waals surface area contributed by atoms with Crippen LogP contribution in [0.1, 0.15) is 70.6 Å². The first-order valence-electron chi connectivity index (χ1n) is 12.9. The van der Waals surface area contributed by atoms with Crippen molar-refractivity contribution in [2.45, 2.75) is 95.3 Å². The highest BCUT2D eigenvalue weighted by atomic mass is 16.7. The van der Waals surface area contributed by atoms with Gasteiger partial charge in [0.1, 0.15) is 6.23 Å². The monoisotopic (exact) mass is 466 g/mol. The third-order valence-corrected chi connectivity index (χ3v) is 7.84. The predicted octanol–water partition coefficient (Wildman–Crippen LogP) is 0.611. The smallest absolute Gasteiger partial charge is 0.237 e. The van der Waals surface area contributed by atoms with Crippen molar-refractivity contribution in [3.05, 3.63) is 0 Å². The van der Waals surface area contributed by atoms with Crippen molar-refractivity contribution in [2.24, 2.45) is 17.8 Å². The third kappa shape index (κ3) is 6.86.